The quantitative estimate of drug-likeness (QED) is 0.486. The average molecular weight is 434 g/mol. The number of esters is 1. The number of rotatable bonds is 5. The van der Waals surface area contributed by atoms with Crippen LogP contribution in [0.2, 0.25) is 0 Å². The monoisotopic (exact) mass is 434 g/mol. The van der Waals surface area contributed by atoms with Crippen molar-refractivity contribution in [3.8, 4) is 28.6 Å². The zero-order valence-corrected chi connectivity index (χ0v) is 17.4. The summed E-state index contributed by atoms with van der Waals surface area (Å²) in [6, 6.07) is 8.97. The fourth-order valence-electron chi connectivity index (χ4n) is 2.60. The summed E-state index contributed by atoms with van der Waals surface area (Å²) in [4.78, 5) is 21.4. The fraction of sp³-hybridized carbons (Fsp3) is 0.318. The molecule has 2 aromatic heterocycles. The van der Waals surface area contributed by atoms with Crippen molar-refractivity contribution >= 4 is 5.97 Å². The van der Waals surface area contributed by atoms with Crippen LogP contribution in [0.3, 0.4) is 0 Å². The summed E-state index contributed by atoms with van der Waals surface area (Å²) < 4.78 is 52.6. The van der Waals surface area contributed by atoms with Crippen LogP contribution in [0.25, 0.3) is 22.8 Å². The number of ether oxygens (including phenoxy) is 2. The van der Waals surface area contributed by atoms with Crippen LogP contribution in [0.4, 0.5) is 13.2 Å². The van der Waals surface area contributed by atoms with Crippen molar-refractivity contribution in [1.82, 2.24) is 9.97 Å². The molecule has 9 heteroatoms. The molecule has 0 saturated carbocycles. The number of aryl methyl sites for hydroxylation is 1. The third-order valence-corrected chi connectivity index (χ3v) is 3.85. The molecule has 0 atom stereocenters. The number of hydrogen-bond acceptors (Lipinski definition) is 6. The van der Waals surface area contributed by atoms with E-state index in [0.29, 0.717) is 22.6 Å². The smallest absolute Gasteiger partial charge is 0.422 e. The van der Waals surface area contributed by atoms with Crippen LogP contribution < -0.4 is 4.74 Å². The average Bonchev–Trinajstić information content (AvgIpc) is 3.11. The zero-order valence-electron chi connectivity index (χ0n) is 17.4. The van der Waals surface area contributed by atoms with Gasteiger partial charge >= 0.3 is 12.1 Å². The lowest BCUT2D eigenvalue weighted by Crippen LogP contribution is -2.24. The molecule has 1 aromatic carbocycles. The Hall–Kier alpha value is -3.36. The van der Waals surface area contributed by atoms with E-state index in [0.717, 1.165) is 0 Å². The summed E-state index contributed by atoms with van der Waals surface area (Å²) in [6.07, 6.45) is -2.96. The van der Waals surface area contributed by atoms with Crippen LogP contribution in [0.15, 0.2) is 47.1 Å². The van der Waals surface area contributed by atoms with Crippen LogP contribution in [-0.4, -0.2) is 34.3 Å². The number of carbonyl (C=O) groups is 1. The van der Waals surface area contributed by atoms with E-state index in [4.69, 9.17) is 13.9 Å². The highest BCUT2D eigenvalue weighted by Gasteiger charge is 2.28. The van der Waals surface area contributed by atoms with Crippen molar-refractivity contribution in [2.24, 2.45) is 0 Å². The lowest BCUT2D eigenvalue weighted by atomic mass is 10.1. The van der Waals surface area contributed by atoms with Gasteiger partial charge in [0.1, 0.15) is 23.3 Å². The number of pyridine rings is 1. The molecule has 0 spiro atoms. The second-order valence-corrected chi connectivity index (χ2v) is 7.85. The Morgan fingerprint density at radius 1 is 1.03 bits per heavy atom. The first kappa shape index (κ1) is 22.3. The zero-order chi connectivity index (χ0) is 22.8. The van der Waals surface area contributed by atoms with Crippen LogP contribution in [0, 0.1) is 6.92 Å². The number of benzene rings is 1. The standard InChI is InChI=1S/C22H21F3N2O4/c1-13-11-29-19(26-13)18-10-15(20(28)31-21(2,3)4)9-17(27-18)14-5-7-16(8-6-14)30-12-22(23,24)25/h5-11H,12H2,1-4H3. The second-order valence-electron chi connectivity index (χ2n) is 7.85. The number of halogens is 3. The summed E-state index contributed by atoms with van der Waals surface area (Å²) in [5.74, 6) is -0.256. The summed E-state index contributed by atoms with van der Waals surface area (Å²) in [7, 11) is 0. The van der Waals surface area contributed by atoms with Crippen LogP contribution >= 0.6 is 0 Å². The number of oxazole rings is 1. The topological polar surface area (TPSA) is 74.5 Å². The molecule has 31 heavy (non-hydrogen) atoms. The van der Waals surface area contributed by atoms with Gasteiger partial charge in [-0.15, -0.1) is 0 Å². The van der Waals surface area contributed by atoms with E-state index in [1.807, 2.05) is 0 Å². The highest BCUT2D eigenvalue weighted by molar-refractivity contribution is 5.92. The maximum Gasteiger partial charge on any atom is 0.422 e. The van der Waals surface area contributed by atoms with Crippen molar-refractivity contribution < 1.29 is 31.9 Å². The first-order chi connectivity index (χ1) is 14.4. The Kier molecular flexibility index (Phi) is 6.06. The van der Waals surface area contributed by atoms with Gasteiger partial charge in [-0.2, -0.15) is 13.2 Å². The summed E-state index contributed by atoms with van der Waals surface area (Å²) in [6.45, 7) is 5.64. The summed E-state index contributed by atoms with van der Waals surface area (Å²) in [5, 5.41) is 0. The maximum atomic E-state index is 12.6. The maximum absolute atomic E-state index is 12.6. The molecule has 6 nitrogen and oxygen atoms in total. The van der Waals surface area contributed by atoms with Crippen molar-refractivity contribution in [3.63, 3.8) is 0 Å². The molecule has 0 aliphatic rings. The predicted molar refractivity (Wildman–Crippen MR) is 107 cm³/mol. The molecule has 0 bridgehead atoms. The Bertz CT molecular complexity index is 1070. The number of aromatic nitrogens is 2. The normalized spacial score (nSPS) is 12.0. The number of carbonyl (C=O) groups excluding carboxylic acids is 1. The minimum atomic E-state index is -4.43. The molecule has 0 fully saturated rings. The molecule has 3 aromatic rings. The minimum absolute atomic E-state index is 0.0629. The van der Waals surface area contributed by atoms with Crippen LogP contribution in [0.1, 0.15) is 36.8 Å². The van der Waals surface area contributed by atoms with E-state index < -0.39 is 24.4 Å². The first-order valence-electron chi connectivity index (χ1n) is 9.37. The minimum Gasteiger partial charge on any atom is -0.484 e. The van der Waals surface area contributed by atoms with E-state index in [-0.39, 0.29) is 17.2 Å². The van der Waals surface area contributed by atoms with Crippen LogP contribution in [0.5, 0.6) is 5.75 Å². The van der Waals surface area contributed by atoms with Crippen molar-refractivity contribution in [2.75, 3.05) is 6.61 Å². The molecule has 0 aliphatic heterocycles. The van der Waals surface area contributed by atoms with Gasteiger partial charge in [0.15, 0.2) is 6.61 Å². The van der Waals surface area contributed by atoms with Crippen LogP contribution in [-0.2, 0) is 4.74 Å². The van der Waals surface area contributed by atoms with Gasteiger partial charge in [-0.1, -0.05) is 0 Å². The SMILES string of the molecule is Cc1coc(-c2cc(C(=O)OC(C)(C)C)cc(-c3ccc(OCC(F)(F)F)cc3)n2)n1. The predicted octanol–water partition coefficient (Wildman–Crippen LogP) is 5.61. The molecular formula is C22H21F3N2O4. The van der Waals surface area contributed by atoms with E-state index >= 15 is 0 Å². The summed E-state index contributed by atoms with van der Waals surface area (Å²) in [5.41, 5.74) is 1.47. The van der Waals surface area contributed by atoms with Gasteiger partial charge in [0.25, 0.3) is 0 Å². The fourth-order valence-corrected chi connectivity index (χ4v) is 2.60. The first-order valence-corrected chi connectivity index (χ1v) is 9.37. The van der Waals surface area contributed by atoms with Gasteiger partial charge in [-0.05, 0) is 64.1 Å². The van der Waals surface area contributed by atoms with Crippen molar-refractivity contribution in [2.45, 2.75) is 39.5 Å². The molecule has 0 amide bonds. The Morgan fingerprint density at radius 2 is 1.68 bits per heavy atom. The molecule has 0 radical (unpaired) electrons. The van der Waals surface area contributed by atoms with E-state index in [1.165, 1.54) is 24.5 Å². The van der Waals surface area contributed by atoms with Gasteiger partial charge in [-0.25, -0.2) is 14.8 Å². The molecule has 2 heterocycles. The van der Waals surface area contributed by atoms with Crippen molar-refractivity contribution in [3.05, 3.63) is 53.9 Å². The molecule has 0 unspecified atom stereocenters. The summed E-state index contributed by atoms with van der Waals surface area (Å²) >= 11 is 0. The highest BCUT2D eigenvalue weighted by atomic mass is 19.4. The van der Waals surface area contributed by atoms with Crippen molar-refractivity contribution in [1.29, 1.82) is 0 Å². The molecule has 164 valence electrons. The molecule has 0 N–H and O–H groups in total. The largest absolute Gasteiger partial charge is 0.484 e. The van der Waals surface area contributed by atoms with Gasteiger partial charge in [0.2, 0.25) is 5.89 Å². The second kappa shape index (κ2) is 8.41. The number of hydrogen-bond donors (Lipinski definition) is 0. The lowest BCUT2D eigenvalue weighted by molar-refractivity contribution is -0.153. The number of nitrogens with zero attached hydrogens (tertiary/aromatic N) is 2. The van der Waals surface area contributed by atoms with Gasteiger partial charge in [0, 0.05) is 5.56 Å². The molecular weight excluding hydrogens is 413 g/mol. The third kappa shape index (κ3) is 6.31. The van der Waals surface area contributed by atoms with E-state index in [9.17, 15) is 18.0 Å². The van der Waals surface area contributed by atoms with Gasteiger partial charge in [0.05, 0.1) is 17.0 Å². The lowest BCUT2D eigenvalue weighted by Gasteiger charge is -2.19. The van der Waals surface area contributed by atoms with E-state index in [1.54, 1.807) is 45.9 Å². The van der Waals surface area contributed by atoms with Gasteiger partial charge < -0.3 is 13.9 Å². The highest BCUT2D eigenvalue weighted by Crippen LogP contribution is 2.28. The Labute approximate surface area is 177 Å². The number of alkyl halides is 3. The molecule has 0 aliphatic carbocycles. The Balaban J connectivity index is 1.97. The molecule has 3 rings (SSSR count). The third-order valence-electron chi connectivity index (χ3n) is 3.85. The van der Waals surface area contributed by atoms with E-state index in [2.05, 4.69) is 9.97 Å². The Morgan fingerprint density at radius 3 is 2.23 bits per heavy atom. The van der Waals surface area contributed by atoms with Gasteiger partial charge in [-0.3, -0.25) is 0 Å². The molecule has 0 saturated heterocycles.